The number of pyridine rings is 1. The summed E-state index contributed by atoms with van der Waals surface area (Å²) in [6.45, 7) is 4.28. The molecule has 0 saturated heterocycles. The smallest absolute Gasteiger partial charge is 0.180 e. The molecule has 1 heterocycles. The molecule has 1 aromatic heterocycles. The normalized spacial score (nSPS) is 10.2. The summed E-state index contributed by atoms with van der Waals surface area (Å²) in [5.74, 6) is 1.24. The van der Waals surface area contributed by atoms with E-state index in [9.17, 15) is 0 Å². The van der Waals surface area contributed by atoms with E-state index >= 15 is 0 Å². The fourth-order valence-corrected chi connectivity index (χ4v) is 2.98. The predicted octanol–water partition coefficient (Wildman–Crippen LogP) is 5.42. The van der Waals surface area contributed by atoms with E-state index in [0.717, 1.165) is 16.8 Å². The molecule has 1 N–H and O–H groups in total. The highest BCUT2D eigenvalue weighted by atomic mass is 35.5. The van der Waals surface area contributed by atoms with Crippen LogP contribution in [0.2, 0.25) is 5.02 Å². The summed E-state index contributed by atoms with van der Waals surface area (Å²) >= 11 is 6.49. The van der Waals surface area contributed by atoms with E-state index in [1.807, 2.05) is 67.6 Å². The largest absolute Gasteiger partial charge is 0.490 e. The van der Waals surface area contributed by atoms with Crippen molar-refractivity contribution in [2.75, 3.05) is 6.61 Å². The highest BCUT2D eigenvalue weighted by Crippen LogP contribution is 2.37. The Morgan fingerprint density at radius 3 is 2.43 bits per heavy atom. The molecule has 0 aliphatic rings. The Kier molecular flexibility index (Phi) is 9.08. The van der Waals surface area contributed by atoms with Gasteiger partial charge in [-0.05, 0) is 42.3 Å². The quantitative estimate of drug-likeness (QED) is 0.503. The summed E-state index contributed by atoms with van der Waals surface area (Å²) < 4.78 is 11.7. The molecule has 2 aromatic carbocycles. The van der Waals surface area contributed by atoms with Crippen LogP contribution in [0.5, 0.6) is 11.5 Å². The number of hydrogen-bond donors (Lipinski definition) is 1. The predicted molar refractivity (Wildman–Crippen MR) is 115 cm³/mol. The van der Waals surface area contributed by atoms with Crippen molar-refractivity contribution in [3.8, 4) is 11.5 Å². The van der Waals surface area contributed by atoms with Gasteiger partial charge in [-0.2, -0.15) is 0 Å². The van der Waals surface area contributed by atoms with Gasteiger partial charge in [-0.3, -0.25) is 4.98 Å². The third-order valence-electron chi connectivity index (χ3n) is 3.96. The molecule has 0 amide bonds. The van der Waals surface area contributed by atoms with E-state index in [1.165, 1.54) is 0 Å². The lowest BCUT2D eigenvalue weighted by atomic mass is 10.2. The van der Waals surface area contributed by atoms with Gasteiger partial charge in [0.05, 0.1) is 17.3 Å². The Balaban J connectivity index is 0.00000280. The maximum atomic E-state index is 6.49. The number of ether oxygens (including phenoxy) is 2. The third kappa shape index (κ3) is 6.41. The first-order valence-corrected chi connectivity index (χ1v) is 9.36. The zero-order valence-corrected chi connectivity index (χ0v) is 17.3. The van der Waals surface area contributed by atoms with Crippen molar-refractivity contribution in [2.24, 2.45) is 0 Å². The number of halogens is 2. The summed E-state index contributed by atoms with van der Waals surface area (Å²) in [6, 6.07) is 19.8. The summed E-state index contributed by atoms with van der Waals surface area (Å²) in [7, 11) is 0. The molecule has 28 heavy (non-hydrogen) atoms. The summed E-state index contributed by atoms with van der Waals surface area (Å²) in [4.78, 5) is 4.31. The third-order valence-corrected chi connectivity index (χ3v) is 4.24. The fourth-order valence-electron chi connectivity index (χ4n) is 2.69. The van der Waals surface area contributed by atoms with Gasteiger partial charge in [0, 0.05) is 19.3 Å². The zero-order valence-electron chi connectivity index (χ0n) is 15.7. The van der Waals surface area contributed by atoms with Crippen LogP contribution in [0.3, 0.4) is 0 Å². The van der Waals surface area contributed by atoms with Crippen LogP contribution >= 0.6 is 24.0 Å². The number of nitrogens with one attached hydrogen (secondary N) is 1. The zero-order chi connectivity index (χ0) is 18.9. The van der Waals surface area contributed by atoms with E-state index in [2.05, 4.69) is 10.3 Å². The monoisotopic (exact) mass is 418 g/mol. The second-order valence-corrected chi connectivity index (χ2v) is 6.44. The minimum absolute atomic E-state index is 0. The van der Waals surface area contributed by atoms with Crippen LogP contribution < -0.4 is 14.8 Å². The molecule has 0 aliphatic carbocycles. The molecule has 3 rings (SSSR count). The molecular weight excluding hydrogens is 395 g/mol. The van der Waals surface area contributed by atoms with Crippen molar-refractivity contribution in [3.63, 3.8) is 0 Å². The van der Waals surface area contributed by atoms with Crippen LogP contribution in [0.1, 0.15) is 23.7 Å². The van der Waals surface area contributed by atoms with E-state index in [1.54, 1.807) is 6.20 Å². The Labute approximate surface area is 177 Å². The topological polar surface area (TPSA) is 43.4 Å². The van der Waals surface area contributed by atoms with Gasteiger partial charge in [0.1, 0.15) is 6.61 Å². The number of nitrogens with zero attached hydrogens (tertiary/aromatic N) is 1. The standard InChI is InChI=1S/C22H23ClN2O2.ClH/c1-2-26-21-13-18(14-24-15-19-10-6-7-11-25-19)12-20(23)22(21)27-16-17-8-4-3-5-9-17;/h3-13,24H,2,14-16H2,1H3;1H. The van der Waals surface area contributed by atoms with Crippen LogP contribution in [-0.2, 0) is 19.7 Å². The first-order chi connectivity index (χ1) is 13.3. The first kappa shape index (κ1) is 22.0. The molecule has 0 unspecified atom stereocenters. The van der Waals surface area contributed by atoms with Crippen molar-refractivity contribution in [1.29, 1.82) is 0 Å². The van der Waals surface area contributed by atoms with Crippen LogP contribution in [0, 0.1) is 0 Å². The maximum absolute atomic E-state index is 6.49. The fraction of sp³-hybridized carbons (Fsp3) is 0.227. The van der Waals surface area contributed by atoms with Crippen LogP contribution in [0.25, 0.3) is 0 Å². The Bertz CT molecular complexity index is 846. The van der Waals surface area contributed by atoms with Crippen molar-refractivity contribution in [3.05, 3.63) is 88.7 Å². The molecule has 0 radical (unpaired) electrons. The highest BCUT2D eigenvalue weighted by Gasteiger charge is 2.13. The summed E-state index contributed by atoms with van der Waals surface area (Å²) in [5.41, 5.74) is 3.11. The highest BCUT2D eigenvalue weighted by molar-refractivity contribution is 6.32. The Hall–Kier alpha value is -2.27. The van der Waals surface area contributed by atoms with Gasteiger partial charge >= 0.3 is 0 Å². The minimum Gasteiger partial charge on any atom is -0.490 e. The van der Waals surface area contributed by atoms with E-state index in [-0.39, 0.29) is 12.4 Å². The van der Waals surface area contributed by atoms with Gasteiger partial charge in [0.25, 0.3) is 0 Å². The lowest BCUT2D eigenvalue weighted by molar-refractivity contribution is 0.269. The Morgan fingerprint density at radius 1 is 0.929 bits per heavy atom. The van der Waals surface area contributed by atoms with Gasteiger partial charge in [0.2, 0.25) is 0 Å². The Morgan fingerprint density at radius 2 is 1.71 bits per heavy atom. The second-order valence-electron chi connectivity index (χ2n) is 6.04. The summed E-state index contributed by atoms with van der Waals surface area (Å²) in [5, 5.41) is 3.92. The molecule has 0 fully saturated rings. The first-order valence-electron chi connectivity index (χ1n) is 8.99. The lowest BCUT2D eigenvalue weighted by Gasteiger charge is -2.15. The van der Waals surface area contributed by atoms with Crippen LogP contribution in [0.15, 0.2) is 66.9 Å². The molecule has 3 aromatic rings. The van der Waals surface area contributed by atoms with Crippen molar-refractivity contribution in [2.45, 2.75) is 26.6 Å². The van der Waals surface area contributed by atoms with E-state index in [0.29, 0.717) is 42.8 Å². The average Bonchev–Trinajstić information content (AvgIpc) is 2.69. The minimum atomic E-state index is 0. The molecule has 6 heteroatoms. The number of aromatic nitrogens is 1. The van der Waals surface area contributed by atoms with Crippen molar-refractivity contribution in [1.82, 2.24) is 10.3 Å². The number of benzene rings is 2. The van der Waals surface area contributed by atoms with Crippen LogP contribution in [-0.4, -0.2) is 11.6 Å². The van der Waals surface area contributed by atoms with Gasteiger partial charge in [-0.15, -0.1) is 12.4 Å². The molecule has 0 saturated carbocycles. The summed E-state index contributed by atoms with van der Waals surface area (Å²) in [6.07, 6.45) is 1.79. The number of hydrogen-bond acceptors (Lipinski definition) is 4. The average molecular weight is 419 g/mol. The molecular formula is C22H24Cl2N2O2. The molecule has 0 atom stereocenters. The maximum Gasteiger partial charge on any atom is 0.180 e. The van der Waals surface area contributed by atoms with E-state index in [4.69, 9.17) is 21.1 Å². The molecule has 148 valence electrons. The van der Waals surface area contributed by atoms with Gasteiger partial charge < -0.3 is 14.8 Å². The molecule has 0 aliphatic heterocycles. The van der Waals surface area contributed by atoms with E-state index < -0.39 is 0 Å². The van der Waals surface area contributed by atoms with Gasteiger partial charge in [0.15, 0.2) is 11.5 Å². The molecule has 0 bridgehead atoms. The number of rotatable bonds is 9. The van der Waals surface area contributed by atoms with Gasteiger partial charge in [-0.25, -0.2) is 0 Å². The molecule has 4 nitrogen and oxygen atoms in total. The SMILES string of the molecule is CCOc1cc(CNCc2ccccn2)cc(Cl)c1OCc1ccccc1.Cl. The molecule has 0 spiro atoms. The van der Waals surface area contributed by atoms with Gasteiger partial charge in [-0.1, -0.05) is 48.0 Å². The lowest BCUT2D eigenvalue weighted by Crippen LogP contribution is -2.14. The van der Waals surface area contributed by atoms with Crippen molar-refractivity contribution >= 4 is 24.0 Å². The second kappa shape index (κ2) is 11.5. The van der Waals surface area contributed by atoms with Crippen LogP contribution in [0.4, 0.5) is 0 Å². The van der Waals surface area contributed by atoms with Crippen molar-refractivity contribution < 1.29 is 9.47 Å².